The Morgan fingerprint density at radius 3 is 2.61 bits per heavy atom. The molecule has 2 saturated heterocycles. The molecule has 4 fully saturated rings. The molecule has 2 aliphatic heterocycles. The van der Waals surface area contributed by atoms with Crippen molar-refractivity contribution in [2.45, 2.75) is 56.9 Å². The molecule has 0 aromatic heterocycles. The van der Waals surface area contributed by atoms with E-state index >= 15 is 0 Å². The van der Waals surface area contributed by atoms with Gasteiger partial charge in [0.25, 0.3) is 5.91 Å². The van der Waals surface area contributed by atoms with E-state index in [-0.39, 0.29) is 34.6 Å². The van der Waals surface area contributed by atoms with Crippen molar-refractivity contribution >= 4 is 32.7 Å². The molecule has 0 unspecified atom stereocenters. The van der Waals surface area contributed by atoms with Gasteiger partial charge >= 0.3 is 0 Å². The predicted octanol–water partition coefficient (Wildman–Crippen LogP) is 1.93. The highest BCUT2D eigenvalue weighted by molar-refractivity contribution is 8.15. The van der Waals surface area contributed by atoms with Crippen LogP contribution in [0.25, 0.3) is 0 Å². The van der Waals surface area contributed by atoms with Crippen LogP contribution in [0.1, 0.15) is 39.5 Å². The third kappa shape index (κ3) is 2.73. The van der Waals surface area contributed by atoms with E-state index in [2.05, 4.69) is 9.89 Å². The number of amides is 1. The molecule has 2 bridgehead atoms. The zero-order chi connectivity index (χ0) is 16.4. The van der Waals surface area contributed by atoms with Gasteiger partial charge in [0.15, 0.2) is 15.0 Å². The summed E-state index contributed by atoms with van der Waals surface area (Å²) in [6.45, 7) is 3.72. The number of rotatable bonds is 2. The Kier molecular flexibility index (Phi) is 3.80. The van der Waals surface area contributed by atoms with E-state index in [1.807, 2.05) is 13.8 Å². The van der Waals surface area contributed by atoms with Gasteiger partial charge in [-0.2, -0.15) is 4.99 Å². The number of sulfone groups is 1. The lowest BCUT2D eigenvalue weighted by molar-refractivity contribution is -0.120. The lowest BCUT2D eigenvalue weighted by atomic mass is 9.93. The summed E-state index contributed by atoms with van der Waals surface area (Å²) in [6, 6.07) is 0.413. The fourth-order valence-corrected chi connectivity index (χ4v) is 8.73. The minimum Gasteiger partial charge on any atom is -0.343 e. The summed E-state index contributed by atoms with van der Waals surface area (Å²) in [6.07, 6.45) is 4.96. The van der Waals surface area contributed by atoms with Crippen molar-refractivity contribution < 1.29 is 13.2 Å². The van der Waals surface area contributed by atoms with Crippen LogP contribution in [0.5, 0.6) is 0 Å². The van der Waals surface area contributed by atoms with Gasteiger partial charge in [0.2, 0.25) is 0 Å². The number of amidine groups is 1. The molecular formula is C16H24N2O3S2. The lowest BCUT2D eigenvalue weighted by Gasteiger charge is -2.36. The van der Waals surface area contributed by atoms with Crippen LogP contribution in [-0.2, 0) is 14.6 Å². The maximum atomic E-state index is 12.1. The zero-order valence-electron chi connectivity index (χ0n) is 13.6. The molecule has 0 aromatic rings. The Labute approximate surface area is 142 Å². The second kappa shape index (κ2) is 5.48. The number of aliphatic imine (C=N–C) groups is 1. The molecule has 4 aliphatic rings. The molecule has 23 heavy (non-hydrogen) atoms. The van der Waals surface area contributed by atoms with Crippen LogP contribution >= 0.6 is 11.8 Å². The minimum absolute atomic E-state index is 0.0214. The Hall–Kier alpha value is -0.560. The first-order chi connectivity index (χ1) is 10.8. The first-order valence-electron chi connectivity index (χ1n) is 8.62. The summed E-state index contributed by atoms with van der Waals surface area (Å²) in [7, 11) is -2.95. The van der Waals surface area contributed by atoms with Crippen LogP contribution in [0.15, 0.2) is 4.99 Å². The van der Waals surface area contributed by atoms with Gasteiger partial charge in [0.05, 0.1) is 17.5 Å². The highest BCUT2D eigenvalue weighted by Crippen LogP contribution is 2.51. The molecule has 0 N–H and O–H groups in total. The average molecular weight is 357 g/mol. The van der Waals surface area contributed by atoms with Gasteiger partial charge in [0.1, 0.15) is 0 Å². The normalized spacial score (nSPS) is 42.8. The quantitative estimate of drug-likeness (QED) is 0.756. The van der Waals surface area contributed by atoms with E-state index in [1.165, 1.54) is 31.0 Å². The second-order valence-electron chi connectivity index (χ2n) is 7.84. The van der Waals surface area contributed by atoms with Gasteiger partial charge in [0, 0.05) is 17.2 Å². The topological polar surface area (TPSA) is 66.8 Å². The third-order valence-corrected chi connectivity index (χ3v) is 9.09. The Balaban J connectivity index is 1.66. The average Bonchev–Trinajstić information content (AvgIpc) is 3.17. The summed E-state index contributed by atoms with van der Waals surface area (Å²) in [5.74, 6) is 1.69. The molecule has 128 valence electrons. The number of nitrogens with zero attached hydrogens (tertiary/aromatic N) is 2. The van der Waals surface area contributed by atoms with Gasteiger partial charge in [-0.15, -0.1) is 0 Å². The Bertz CT molecular complexity index is 658. The van der Waals surface area contributed by atoms with Crippen molar-refractivity contribution in [1.29, 1.82) is 0 Å². The monoisotopic (exact) mass is 356 g/mol. The molecular weight excluding hydrogens is 332 g/mol. The molecule has 0 aromatic carbocycles. The number of hydrogen-bond donors (Lipinski definition) is 0. The van der Waals surface area contributed by atoms with Crippen molar-refractivity contribution in [3.05, 3.63) is 0 Å². The highest BCUT2D eigenvalue weighted by atomic mass is 32.2. The van der Waals surface area contributed by atoms with E-state index in [0.717, 1.165) is 17.5 Å². The fourth-order valence-electron chi connectivity index (χ4n) is 4.75. The minimum atomic E-state index is -2.95. The maximum Gasteiger partial charge on any atom is 0.250 e. The summed E-state index contributed by atoms with van der Waals surface area (Å²) in [5.41, 5.74) is 0. The molecule has 0 spiro atoms. The summed E-state index contributed by atoms with van der Waals surface area (Å²) in [5, 5.41) is 0.851. The van der Waals surface area contributed by atoms with Gasteiger partial charge in [-0.05, 0) is 31.1 Å². The molecule has 5 atom stereocenters. The van der Waals surface area contributed by atoms with E-state index in [4.69, 9.17) is 0 Å². The lowest BCUT2D eigenvalue weighted by Crippen LogP contribution is -2.47. The molecule has 1 amide bonds. The van der Waals surface area contributed by atoms with Gasteiger partial charge in [-0.3, -0.25) is 4.79 Å². The second-order valence-corrected chi connectivity index (χ2v) is 11.2. The molecule has 4 rings (SSSR count). The number of fused-ring (bicyclic) bond motifs is 3. The van der Waals surface area contributed by atoms with Gasteiger partial charge in [-0.1, -0.05) is 32.0 Å². The highest BCUT2D eigenvalue weighted by Gasteiger charge is 2.54. The summed E-state index contributed by atoms with van der Waals surface area (Å²) < 4.78 is 24.1. The van der Waals surface area contributed by atoms with Crippen LogP contribution in [-0.4, -0.2) is 53.2 Å². The van der Waals surface area contributed by atoms with Gasteiger partial charge < -0.3 is 4.90 Å². The largest absolute Gasteiger partial charge is 0.343 e. The number of hydrogen-bond acceptors (Lipinski definition) is 4. The van der Waals surface area contributed by atoms with Crippen molar-refractivity contribution in [2.24, 2.45) is 22.7 Å². The van der Waals surface area contributed by atoms with E-state index < -0.39 is 9.84 Å². The Morgan fingerprint density at radius 2 is 2.00 bits per heavy atom. The summed E-state index contributed by atoms with van der Waals surface area (Å²) >= 11 is 1.53. The van der Waals surface area contributed by atoms with Crippen LogP contribution in [0.4, 0.5) is 0 Å². The fraction of sp³-hybridized carbons (Fsp3) is 0.875. The van der Waals surface area contributed by atoms with Gasteiger partial charge in [-0.25, -0.2) is 8.42 Å². The van der Waals surface area contributed by atoms with E-state index in [0.29, 0.717) is 12.0 Å². The standard InChI is InChI=1S/C16H24N2O3S2/c1-9(2)15(19)17-16-18(12-6-10-3-4-11(12)5-10)13-7-23(20,21)8-14(13)22-16/h9-14H,3-8H2,1-2H3/t10-,11-,12-,13+,14+/m0/s1. The van der Waals surface area contributed by atoms with Crippen LogP contribution in [0.2, 0.25) is 0 Å². The number of carbonyl (C=O) groups excluding carboxylic acids is 1. The van der Waals surface area contributed by atoms with Crippen molar-refractivity contribution in [3.63, 3.8) is 0 Å². The molecule has 2 heterocycles. The molecule has 0 radical (unpaired) electrons. The smallest absolute Gasteiger partial charge is 0.250 e. The van der Waals surface area contributed by atoms with Crippen molar-refractivity contribution in [2.75, 3.05) is 11.5 Å². The molecule has 7 heteroatoms. The van der Waals surface area contributed by atoms with E-state index in [9.17, 15) is 13.2 Å². The predicted molar refractivity (Wildman–Crippen MR) is 92.2 cm³/mol. The zero-order valence-corrected chi connectivity index (χ0v) is 15.3. The van der Waals surface area contributed by atoms with Crippen molar-refractivity contribution in [3.8, 4) is 0 Å². The first kappa shape index (κ1) is 15.9. The SMILES string of the molecule is CC(C)C(=O)N=C1S[C@@H]2CS(=O)(=O)C[C@H]2N1[C@H]1C[C@H]2CC[C@H]1C2. The number of thioether (sulfide) groups is 1. The van der Waals surface area contributed by atoms with E-state index in [1.54, 1.807) is 0 Å². The maximum absolute atomic E-state index is 12.1. The first-order valence-corrected chi connectivity index (χ1v) is 11.3. The van der Waals surface area contributed by atoms with Crippen LogP contribution < -0.4 is 0 Å². The van der Waals surface area contributed by atoms with Crippen molar-refractivity contribution in [1.82, 2.24) is 4.90 Å². The molecule has 2 saturated carbocycles. The molecule has 2 aliphatic carbocycles. The van der Waals surface area contributed by atoms with Crippen LogP contribution in [0, 0.1) is 17.8 Å². The van der Waals surface area contributed by atoms with Crippen LogP contribution in [0.3, 0.4) is 0 Å². The number of carbonyl (C=O) groups is 1. The third-order valence-electron chi connectivity index (χ3n) is 5.86. The molecule has 5 nitrogen and oxygen atoms in total. The summed E-state index contributed by atoms with van der Waals surface area (Å²) in [4.78, 5) is 18.8. The Morgan fingerprint density at radius 1 is 1.22 bits per heavy atom.